The first-order chi connectivity index (χ1) is 13.0. The fraction of sp³-hybridized carbons (Fsp3) is 0.500. The Kier molecular flexibility index (Phi) is 6.34. The van der Waals surface area contributed by atoms with Crippen LogP contribution in [0.1, 0.15) is 32.3 Å². The van der Waals surface area contributed by atoms with E-state index in [0.29, 0.717) is 32.7 Å². The molecule has 1 aliphatic rings. The zero-order chi connectivity index (χ0) is 19.2. The molecule has 0 spiro atoms. The number of aryl methyl sites for hydroxylation is 1. The molecular formula is C20H28N4O3. The zero-order valence-electron chi connectivity index (χ0n) is 16.2. The number of aromatic nitrogens is 2. The number of carbonyl (C=O) groups excluding carboxylic acids is 1. The summed E-state index contributed by atoms with van der Waals surface area (Å²) in [6.07, 6.45) is 3.34. The lowest BCUT2D eigenvalue weighted by molar-refractivity contribution is -0.121. The first-order valence-electron chi connectivity index (χ1n) is 9.45. The molecule has 2 aromatic rings. The van der Waals surface area contributed by atoms with Crippen LogP contribution in [0.5, 0.6) is 11.5 Å². The predicted molar refractivity (Wildman–Crippen MR) is 104 cm³/mol. The summed E-state index contributed by atoms with van der Waals surface area (Å²) in [5, 5.41) is 10.8. The summed E-state index contributed by atoms with van der Waals surface area (Å²) in [6.45, 7) is 6.52. The van der Waals surface area contributed by atoms with Gasteiger partial charge in [0.25, 0.3) is 0 Å². The Hall–Kier alpha value is -2.54. The number of amides is 1. The van der Waals surface area contributed by atoms with E-state index in [1.807, 2.05) is 45.3 Å². The van der Waals surface area contributed by atoms with Gasteiger partial charge in [0.15, 0.2) is 11.5 Å². The number of rotatable bonds is 7. The van der Waals surface area contributed by atoms with Crippen LogP contribution in [0.4, 0.5) is 0 Å². The Morgan fingerprint density at radius 1 is 1.26 bits per heavy atom. The predicted octanol–water partition coefficient (Wildman–Crippen LogP) is 2.25. The second-order valence-corrected chi connectivity index (χ2v) is 7.04. The Morgan fingerprint density at radius 3 is 2.81 bits per heavy atom. The summed E-state index contributed by atoms with van der Waals surface area (Å²) >= 11 is 0. The summed E-state index contributed by atoms with van der Waals surface area (Å²) in [5.74, 6) is 1.61. The van der Waals surface area contributed by atoms with Gasteiger partial charge in [-0.25, -0.2) is 0 Å². The number of fused-ring (bicyclic) bond motifs is 1. The number of hydrogen-bond donors (Lipinski definition) is 2. The number of hydrogen-bond acceptors (Lipinski definition) is 5. The maximum absolute atomic E-state index is 11.7. The second kappa shape index (κ2) is 8.90. The SMILES string of the molecule is CC(C)NC(=O)CCNCc1cn(C)nc1-c1ccc2c(c1)OCCCO2. The number of benzene rings is 1. The molecule has 1 aliphatic heterocycles. The van der Waals surface area contributed by atoms with Crippen LogP contribution in [0.15, 0.2) is 24.4 Å². The van der Waals surface area contributed by atoms with E-state index in [4.69, 9.17) is 9.47 Å². The molecule has 7 heteroatoms. The minimum absolute atomic E-state index is 0.0619. The van der Waals surface area contributed by atoms with Gasteiger partial charge < -0.3 is 20.1 Å². The summed E-state index contributed by atoms with van der Waals surface area (Å²) in [4.78, 5) is 11.7. The highest BCUT2D eigenvalue weighted by molar-refractivity contribution is 5.76. The van der Waals surface area contributed by atoms with E-state index in [-0.39, 0.29) is 11.9 Å². The van der Waals surface area contributed by atoms with Gasteiger partial charge in [-0.2, -0.15) is 5.10 Å². The zero-order valence-corrected chi connectivity index (χ0v) is 16.2. The van der Waals surface area contributed by atoms with E-state index >= 15 is 0 Å². The molecule has 7 nitrogen and oxygen atoms in total. The van der Waals surface area contributed by atoms with Crippen molar-refractivity contribution in [3.8, 4) is 22.8 Å². The molecule has 2 heterocycles. The van der Waals surface area contributed by atoms with Crippen LogP contribution in [0.2, 0.25) is 0 Å². The van der Waals surface area contributed by atoms with E-state index < -0.39 is 0 Å². The maximum atomic E-state index is 11.7. The number of nitrogens with one attached hydrogen (secondary N) is 2. The van der Waals surface area contributed by atoms with Crippen molar-refractivity contribution in [2.24, 2.45) is 7.05 Å². The summed E-state index contributed by atoms with van der Waals surface area (Å²) in [5.41, 5.74) is 2.98. The average Bonchev–Trinajstić information content (AvgIpc) is 2.84. The van der Waals surface area contributed by atoms with Gasteiger partial charge in [-0.3, -0.25) is 9.48 Å². The van der Waals surface area contributed by atoms with Crippen LogP contribution in [0.3, 0.4) is 0 Å². The lowest BCUT2D eigenvalue weighted by atomic mass is 10.1. The molecule has 27 heavy (non-hydrogen) atoms. The van der Waals surface area contributed by atoms with Crippen molar-refractivity contribution < 1.29 is 14.3 Å². The lowest BCUT2D eigenvalue weighted by Crippen LogP contribution is -2.32. The van der Waals surface area contributed by atoms with Crippen molar-refractivity contribution in [2.75, 3.05) is 19.8 Å². The highest BCUT2D eigenvalue weighted by Crippen LogP contribution is 2.34. The Labute approximate surface area is 160 Å². The molecule has 3 rings (SSSR count). The lowest BCUT2D eigenvalue weighted by Gasteiger charge is -2.10. The van der Waals surface area contributed by atoms with E-state index in [9.17, 15) is 4.79 Å². The van der Waals surface area contributed by atoms with Crippen molar-refractivity contribution in [1.29, 1.82) is 0 Å². The molecule has 1 amide bonds. The van der Waals surface area contributed by atoms with Gasteiger partial charge in [-0.1, -0.05) is 0 Å². The van der Waals surface area contributed by atoms with Crippen molar-refractivity contribution in [3.63, 3.8) is 0 Å². The van der Waals surface area contributed by atoms with E-state index in [0.717, 1.165) is 34.7 Å². The fourth-order valence-electron chi connectivity index (χ4n) is 3.04. The van der Waals surface area contributed by atoms with Crippen molar-refractivity contribution in [2.45, 2.75) is 39.3 Å². The normalized spacial score (nSPS) is 13.5. The maximum Gasteiger partial charge on any atom is 0.221 e. The quantitative estimate of drug-likeness (QED) is 0.729. The van der Waals surface area contributed by atoms with Crippen LogP contribution in [-0.2, 0) is 18.4 Å². The number of ether oxygens (including phenoxy) is 2. The highest BCUT2D eigenvalue weighted by Gasteiger charge is 2.15. The molecule has 2 N–H and O–H groups in total. The molecule has 0 aliphatic carbocycles. The third-order valence-corrected chi connectivity index (χ3v) is 4.22. The first-order valence-corrected chi connectivity index (χ1v) is 9.45. The number of carbonyl (C=O) groups is 1. The largest absolute Gasteiger partial charge is 0.490 e. The molecule has 0 saturated carbocycles. The third-order valence-electron chi connectivity index (χ3n) is 4.22. The van der Waals surface area contributed by atoms with Crippen LogP contribution in [-0.4, -0.2) is 41.5 Å². The van der Waals surface area contributed by atoms with E-state index in [1.54, 1.807) is 4.68 Å². The van der Waals surface area contributed by atoms with Gasteiger partial charge in [0.1, 0.15) is 0 Å². The fourth-order valence-corrected chi connectivity index (χ4v) is 3.04. The van der Waals surface area contributed by atoms with Crippen molar-refractivity contribution in [1.82, 2.24) is 20.4 Å². The summed E-state index contributed by atoms with van der Waals surface area (Å²) in [7, 11) is 1.91. The van der Waals surface area contributed by atoms with Gasteiger partial charge in [-0.15, -0.1) is 0 Å². The van der Waals surface area contributed by atoms with Crippen LogP contribution >= 0.6 is 0 Å². The molecule has 0 fully saturated rings. The molecule has 146 valence electrons. The molecule has 1 aromatic heterocycles. The molecule has 0 atom stereocenters. The van der Waals surface area contributed by atoms with Gasteiger partial charge in [-0.05, 0) is 32.0 Å². The molecule has 0 bridgehead atoms. The molecular weight excluding hydrogens is 344 g/mol. The first kappa shape index (κ1) is 19.2. The van der Waals surface area contributed by atoms with Gasteiger partial charge in [0, 0.05) is 56.3 Å². The Balaban J connectivity index is 1.66. The smallest absolute Gasteiger partial charge is 0.221 e. The summed E-state index contributed by atoms with van der Waals surface area (Å²) < 4.78 is 13.3. The van der Waals surface area contributed by atoms with E-state index in [1.165, 1.54) is 0 Å². The average molecular weight is 372 g/mol. The standard InChI is InChI=1S/C20H28N4O3/c1-14(2)22-19(25)7-8-21-12-16-13-24(3)23-20(16)15-5-6-17-18(11-15)27-10-4-9-26-17/h5-6,11,13-14,21H,4,7-10,12H2,1-3H3,(H,22,25). The minimum atomic E-state index is 0.0619. The monoisotopic (exact) mass is 372 g/mol. The van der Waals surface area contributed by atoms with Crippen LogP contribution in [0.25, 0.3) is 11.3 Å². The topological polar surface area (TPSA) is 77.4 Å². The van der Waals surface area contributed by atoms with Gasteiger partial charge in [0.2, 0.25) is 5.91 Å². The molecule has 0 radical (unpaired) electrons. The number of nitrogens with zero attached hydrogens (tertiary/aromatic N) is 2. The molecule has 0 saturated heterocycles. The Bertz CT molecular complexity index is 786. The minimum Gasteiger partial charge on any atom is -0.490 e. The van der Waals surface area contributed by atoms with Crippen molar-refractivity contribution >= 4 is 5.91 Å². The van der Waals surface area contributed by atoms with E-state index in [2.05, 4.69) is 15.7 Å². The van der Waals surface area contributed by atoms with Gasteiger partial charge in [0.05, 0.1) is 18.9 Å². The van der Waals surface area contributed by atoms with Crippen LogP contribution in [0, 0.1) is 0 Å². The molecule has 0 unspecified atom stereocenters. The second-order valence-electron chi connectivity index (χ2n) is 7.04. The highest BCUT2D eigenvalue weighted by atomic mass is 16.5. The summed E-state index contributed by atoms with van der Waals surface area (Å²) in [6, 6.07) is 6.11. The van der Waals surface area contributed by atoms with Crippen molar-refractivity contribution in [3.05, 3.63) is 30.0 Å². The Morgan fingerprint density at radius 2 is 2.04 bits per heavy atom. The van der Waals surface area contributed by atoms with Gasteiger partial charge >= 0.3 is 0 Å². The third kappa shape index (κ3) is 5.23. The molecule has 1 aromatic carbocycles. The van der Waals surface area contributed by atoms with Crippen LogP contribution < -0.4 is 20.1 Å².